The van der Waals surface area contributed by atoms with Crippen molar-refractivity contribution in [1.82, 2.24) is 14.7 Å². The summed E-state index contributed by atoms with van der Waals surface area (Å²) >= 11 is 0. The number of amides is 2. The van der Waals surface area contributed by atoms with Crippen molar-refractivity contribution in [3.05, 3.63) is 95.1 Å². The molecule has 5 heteroatoms. The third-order valence-corrected chi connectivity index (χ3v) is 8.01. The highest BCUT2D eigenvalue weighted by Crippen LogP contribution is 2.29. The van der Waals surface area contributed by atoms with E-state index >= 15 is 0 Å². The van der Waals surface area contributed by atoms with Crippen LogP contribution >= 0.6 is 0 Å². The monoisotopic (exact) mass is 479 g/mol. The Hall–Kier alpha value is -3.44. The first kappa shape index (κ1) is 23.0. The lowest BCUT2D eigenvalue weighted by Crippen LogP contribution is -2.45. The standard InChI is InChI=1S/C31H33N3O2/c35-30(33-16-4-5-17-33)25-10-8-24(9-11-25)26-12-13-29-27(20-26)14-19-34(31(29)36)28-15-18-32(22-28)21-23-6-2-1-3-7-23/h1-3,6-13,20,28H,4-5,14-19,21-22H2. The highest BCUT2D eigenvalue weighted by molar-refractivity contribution is 5.98. The van der Waals surface area contributed by atoms with Gasteiger partial charge in [0.15, 0.2) is 0 Å². The van der Waals surface area contributed by atoms with E-state index in [0.717, 1.165) is 92.8 Å². The third-order valence-electron chi connectivity index (χ3n) is 8.01. The molecule has 3 aromatic rings. The van der Waals surface area contributed by atoms with Gasteiger partial charge in [0.1, 0.15) is 0 Å². The minimum absolute atomic E-state index is 0.129. The summed E-state index contributed by atoms with van der Waals surface area (Å²) in [6, 6.07) is 25.0. The second-order valence-corrected chi connectivity index (χ2v) is 10.4. The quantitative estimate of drug-likeness (QED) is 0.525. The summed E-state index contributed by atoms with van der Waals surface area (Å²) in [6.45, 7) is 5.43. The molecule has 0 aliphatic carbocycles. The van der Waals surface area contributed by atoms with Gasteiger partial charge >= 0.3 is 0 Å². The van der Waals surface area contributed by atoms with Crippen LogP contribution in [0.4, 0.5) is 0 Å². The van der Waals surface area contributed by atoms with Crippen LogP contribution in [0.25, 0.3) is 11.1 Å². The lowest BCUT2D eigenvalue weighted by molar-refractivity contribution is 0.0663. The highest BCUT2D eigenvalue weighted by Gasteiger charge is 2.34. The number of hydrogen-bond donors (Lipinski definition) is 0. The summed E-state index contributed by atoms with van der Waals surface area (Å²) in [5.41, 5.74) is 6.23. The molecular formula is C31H33N3O2. The Balaban J connectivity index is 1.12. The number of benzene rings is 3. The van der Waals surface area contributed by atoms with Gasteiger partial charge in [-0.2, -0.15) is 0 Å². The summed E-state index contributed by atoms with van der Waals surface area (Å²) in [5, 5.41) is 0. The summed E-state index contributed by atoms with van der Waals surface area (Å²) in [7, 11) is 0. The fourth-order valence-electron chi connectivity index (χ4n) is 5.99. The van der Waals surface area contributed by atoms with Gasteiger partial charge in [0, 0.05) is 56.4 Å². The Morgan fingerprint density at radius 3 is 2.36 bits per heavy atom. The van der Waals surface area contributed by atoms with E-state index < -0.39 is 0 Å². The highest BCUT2D eigenvalue weighted by atomic mass is 16.2. The molecule has 3 aliphatic rings. The number of rotatable bonds is 5. The fourth-order valence-corrected chi connectivity index (χ4v) is 5.99. The minimum Gasteiger partial charge on any atom is -0.339 e. The van der Waals surface area contributed by atoms with E-state index in [9.17, 15) is 9.59 Å². The fraction of sp³-hybridized carbons (Fsp3) is 0.355. The van der Waals surface area contributed by atoms with Gasteiger partial charge in [-0.3, -0.25) is 14.5 Å². The molecule has 184 valence electrons. The predicted octanol–water partition coefficient (Wildman–Crippen LogP) is 4.86. The molecule has 2 fully saturated rings. The van der Waals surface area contributed by atoms with Gasteiger partial charge in [0.25, 0.3) is 11.8 Å². The van der Waals surface area contributed by atoms with Crippen molar-refractivity contribution in [2.75, 3.05) is 32.7 Å². The molecular weight excluding hydrogens is 446 g/mol. The molecule has 3 aromatic carbocycles. The van der Waals surface area contributed by atoms with E-state index in [1.54, 1.807) is 0 Å². The first-order valence-corrected chi connectivity index (χ1v) is 13.3. The van der Waals surface area contributed by atoms with Crippen molar-refractivity contribution in [1.29, 1.82) is 0 Å². The van der Waals surface area contributed by atoms with Crippen molar-refractivity contribution >= 4 is 11.8 Å². The van der Waals surface area contributed by atoms with E-state index in [-0.39, 0.29) is 17.9 Å². The summed E-state index contributed by atoms with van der Waals surface area (Å²) < 4.78 is 0. The molecule has 3 aliphatic heterocycles. The molecule has 0 saturated carbocycles. The van der Waals surface area contributed by atoms with Crippen LogP contribution in [0.1, 0.15) is 51.1 Å². The molecule has 0 spiro atoms. The van der Waals surface area contributed by atoms with Gasteiger partial charge in [0.2, 0.25) is 0 Å². The van der Waals surface area contributed by atoms with Crippen LogP contribution in [-0.2, 0) is 13.0 Å². The van der Waals surface area contributed by atoms with Crippen molar-refractivity contribution in [2.45, 2.75) is 38.3 Å². The normalized spacial score (nSPS) is 20.1. The van der Waals surface area contributed by atoms with E-state index in [4.69, 9.17) is 0 Å². The largest absolute Gasteiger partial charge is 0.339 e. The maximum atomic E-state index is 13.4. The van der Waals surface area contributed by atoms with Crippen molar-refractivity contribution in [3.8, 4) is 11.1 Å². The molecule has 1 atom stereocenters. The van der Waals surface area contributed by atoms with Gasteiger partial charge in [-0.1, -0.05) is 54.6 Å². The van der Waals surface area contributed by atoms with Crippen molar-refractivity contribution < 1.29 is 9.59 Å². The Labute approximate surface area is 213 Å². The molecule has 2 saturated heterocycles. The molecule has 6 rings (SSSR count). The first-order chi connectivity index (χ1) is 17.7. The van der Waals surface area contributed by atoms with Gasteiger partial charge in [-0.25, -0.2) is 0 Å². The average molecular weight is 480 g/mol. The van der Waals surface area contributed by atoms with Gasteiger partial charge in [-0.15, -0.1) is 0 Å². The van der Waals surface area contributed by atoms with Crippen LogP contribution < -0.4 is 0 Å². The summed E-state index contributed by atoms with van der Waals surface area (Å²) in [4.78, 5) is 32.6. The third kappa shape index (κ3) is 4.56. The Kier molecular flexibility index (Phi) is 6.32. The molecule has 0 bridgehead atoms. The lowest BCUT2D eigenvalue weighted by Gasteiger charge is -2.34. The Morgan fingerprint density at radius 1 is 0.833 bits per heavy atom. The van der Waals surface area contributed by atoms with Crippen LogP contribution in [0, 0.1) is 0 Å². The topological polar surface area (TPSA) is 43.9 Å². The van der Waals surface area contributed by atoms with Gasteiger partial charge in [0.05, 0.1) is 0 Å². The summed E-state index contributed by atoms with van der Waals surface area (Å²) in [6.07, 6.45) is 4.12. The van der Waals surface area contributed by atoms with Crippen LogP contribution in [-0.4, -0.2) is 65.3 Å². The molecule has 0 radical (unpaired) electrons. The maximum absolute atomic E-state index is 13.4. The molecule has 0 aromatic heterocycles. The van der Waals surface area contributed by atoms with E-state index in [1.165, 1.54) is 5.56 Å². The van der Waals surface area contributed by atoms with Gasteiger partial charge in [-0.05, 0) is 66.1 Å². The second-order valence-electron chi connectivity index (χ2n) is 10.4. The predicted molar refractivity (Wildman–Crippen MR) is 142 cm³/mol. The lowest BCUT2D eigenvalue weighted by atomic mass is 9.93. The first-order valence-electron chi connectivity index (χ1n) is 13.3. The number of carbonyl (C=O) groups excluding carboxylic acids is 2. The van der Waals surface area contributed by atoms with E-state index in [2.05, 4.69) is 46.2 Å². The molecule has 1 unspecified atom stereocenters. The minimum atomic E-state index is 0.129. The Morgan fingerprint density at radius 2 is 1.58 bits per heavy atom. The SMILES string of the molecule is O=C(c1ccc(-c2ccc3c(c2)CCN(C2CCN(Cc4ccccc4)C2)C3=O)cc1)N1CCCC1. The van der Waals surface area contributed by atoms with Crippen LogP contribution in [0.2, 0.25) is 0 Å². The molecule has 0 N–H and O–H groups in total. The zero-order valence-corrected chi connectivity index (χ0v) is 20.7. The van der Waals surface area contributed by atoms with Gasteiger partial charge < -0.3 is 9.80 Å². The number of hydrogen-bond acceptors (Lipinski definition) is 3. The zero-order valence-electron chi connectivity index (χ0n) is 20.7. The second kappa shape index (κ2) is 9.90. The molecule has 36 heavy (non-hydrogen) atoms. The van der Waals surface area contributed by atoms with Crippen molar-refractivity contribution in [3.63, 3.8) is 0 Å². The molecule has 2 amide bonds. The smallest absolute Gasteiger partial charge is 0.254 e. The average Bonchev–Trinajstić information content (AvgIpc) is 3.62. The number of nitrogens with zero attached hydrogens (tertiary/aromatic N) is 3. The number of likely N-dealkylation sites (tertiary alicyclic amines) is 2. The van der Waals surface area contributed by atoms with E-state index in [0.29, 0.717) is 0 Å². The maximum Gasteiger partial charge on any atom is 0.254 e. The zero-order chi connectivity index (χ0) is 24.5. The number of carbonyl (C=O) groups is 2. The van der Waals surface area contributed by atoms with Crippen LogP contribution in [0.5, 0.6) is 0 Å². The molecule has 5 nitrogen and oxygen atoms in total. The van der Waals surface area contributed by atoms with Crippen LogP contribution in [0.15, 0.2) is 72.8 Å². The number of fused-ring (bicyclic) bond motifs is 1. The summed E-state index contributed by atoms with van der Waals surface area (Å²) in [5.74, 6) is 0.297. The Bertz CT molecular complexity index is 1250. The molecule has 3 heterocycles. The van der Waals surface area contributed by atoms with Crippen LogP contribution in [0.3, 0.4) is 0 Å². The van der Waals surface area contributed by atoms with E-state index in [1.807, 2.05) is 41.3 Å². The van der Waals surface area contributed by atoms with Crippen molar-refractivity contribution in [2.24, 2.45) is 0 Å².